The zero-order chi connectivity index (χ0) is 21.7. The fourth-order valence-corrected chi connectivity index (χ4v) is 5.41. The number of H-pyrrole nitrogens is 1. The molecule has 1 aliphatic heterocycles. The Labute approximate surface area is 173 Å². The van der Waals surface area contributed by atoms with E-state index in [4.69, 9.17) is 4.42 Å². The van der Waals surface area contributed by atoms with Crippen molar-refractivity contribution in [3.8, 4) is 0 Å². The van der Waals surface area contributed by atoms with Gasteiger partial charge >= 0.3 is 5.76 Å². The summed E-state index contributed by atoms with van der Waals surface area (Å²) in [6.07, 6.45) is 1.33. The molecule has 3 aromatic rings. The quantitative estimate of drug-likeness (QED) is 0.672. The summed E-state index contributed by atoms with van der Waals surface area (Å²) in [4.78, 5) is 26.3. The van der Waals surface area contributed by atoms with Crippen molar-refractivity contribution in [1.29, 1.82) is 0 Å². The van der Waals surface area contributed by atoms with Crippen molar-refractivity contribution >= 4 is 21.1 Å². The van der Waals surface area contributed by atoms with E-state index in [0.29, 0.717) is 24.9 Å². The van der Waals surface area contributed by atoms with Crippen LogP contribution in [0.25, 0.3) is 11.1 Å². The third kappa shape index (κ3) is 3.72. The van der Waals surface area contributed by atoms with E-state index in [2.05, 4.69) is 10.1 Å². The minimum atomic E-state index is -3.83. The van der Waals surface area contributed by atoms with Crippen LogP contribution in [0.15, 0.2) is 49.2 Å². The molecule has 0 aliphatic carbocycles. The molecule has 10 heteroatoms. The Morgan fingerprint density at radius 2 is 1.97 bits per heavy atom. The van der Waals surface area contributed by atoms with Gasteiger partial charge in [-0.2, -0.15) is 9.40 Å². The maximum atomic E-state index is 13.3. The van der Waals surface area contributed by atoms with Gasteiger partial charge in [0.05, 0.1) is 22.7 Å². The molecule has 0 saturated carbocycles. The second-order valence-corrected chi connectivity index (χ2v) is 10.5. The monoisotopic (exact) mass is 432 g/mol. The zero-order valence-corrected chi connectivity index (χ0v) is 17.9. The minimum Gasteiger partial charge on any atom is -0.408 e. The van der Waals surface area contributed by atoms with Crippen LogP contribution < -0.4 is 11.3 Å². The molecular formula is C20H24N4O5S. The SMILES string of the molecule is CC(C)(C)c1ccc(=O)n(CC2CCCN2S(=O)(=O)c2ccc3[nH]c(=O)oc3c2)n1. The number of fused-ring (bicyclic) bond motifs is 1. The van der Waals surface area contributed by atoms with Gasteiger partial charge in [0, 0.05) is 30.1 Å². The lowest BCUT2D eigenvalue weighted by Gasteiger charge is -2.25. The van der Waals surface area contributed by atoms with E-state index in [0.717, 1.165) is 5.69 Å². The molecule has 1 unspecified atom stereocenters. The summed E-state index contributed by atoms with van der Waals surface area (Å²) < 4.78 is 34.3. The summed E-state index contributed by atoms with van der Waals surface area (Å²) >= 11 is 0. The lowest BCUT2D eigenvalue weighted by molar-refractivity contribution is 0.331. The summed E-state index contributed by atoms with van der Waals surface area (Å²) in [5.41, 5.74) is 0.900. The molecule has 9 nitrogen and oxygen atoms in total. The van der Waals surface area contributed by atoms with Crippen LogP contribution in [0.2, 0.25) is 0 Å². The second-order valence-electron chi connectivity index (χ2n) is 8.57. The molecule has 0 spiro atoms. The summed E-state index contributed by atoms with van der Waals surface area (Å²) in [6, 6.07) is 7.11. The number of aromatic amines is 1. The molecule has 0 radical (unpaired) electrons. The number of rotatable bonds is 4. The molecule has 4 rings (SSSR count). The van der Waals surface area contributed by atoms with Crippen molar-refractivity contribution in [3.05, 3.63) is 56.9 Å². The third-order valence-electron chi connectivity index (χ3n) is 5.34. The fourth-order valence-electron chi connectivity index (χ4n) is 3.71. The summed E-state index contributed by atoms with van der Waals surface area (Å²) in [5, 5.41) is 4.47. The average molecular weight is 433 g/mol. The van der Waals surface area contributed by atoms with E-state index in [1.807, 2.05) is 20.8 Å². The molecule has 3 heterocycles. The highest BCUT2D eigenvalue weighted by Crippen LogP contribution is 2.28. The van der Waals surface area contributed by atoms with E-state index in [-0.39, 0.29) is 34.0 Å². The van der Waals surface area contributed by atoms with E-state index >= 15 is 0 Å². The Morgan fingerprint density at radius 3 is 2.70 bits per heavy atom. The number of sulfonamides is 1. The van der Waals surface area contributed by atoms with Crippen LogP contribution in [0.3, 0.4) is 0 Å². The van der Waals surface area contributed by atoms with E-state index in [1.54, 1.807) is 6.07 Å². The molecule has 0 amide bonds. The van der Waals surface area contributed by atoms with Crippen molar-refractivity contribution in [1.82, 2.24) is 19.1 Å². The average Bonchev–Trinajstić information content (AvgIpc) is 3.27. The molecule has 30 heavy (non-hydrogen) atoms. The molecule has 1 fully saturated rings. The van der Waals surface area contributed by atoms with Crippen LogP contribution >= 0.6 is 0 Å². The lowest BCUT2D eigenvalue weighted by Crippen LogP contribution is -2.41. The first-order valence-corrected chi connectivity index (χ1v) is 11.2. The van der Waals surface area contributed by atoms with Crippen molar-refractivity contribution in [2.45, 2.75) is 56.5 Å². The van der Waals surface area contributed by atoms with E-state index < -0.39 is 15.8 Å². The summed E-state index contributed by atoms with van der Waals surface area (Å²) in [7, 11) is -3.83. The van der Waals surface area contributed by atoms with Gasteiger partial charge in [-0.05, 0) is 31.0 Å². The standard InChI is InChI=1S/C20H24N4O5S/c1-20(2,3)17-8-9-18(25)23(22-17)12-13-5-4-10-24(13)30(27,28)14-6-7-15-16(11-14)29-19(26)21-15/h6-9,11,13H,4-5,10,12H2,1-3H3,(H,21,26). The van der Waals surface area contributed by atoms with Gasteiger partial charge in [0.25, 0.3) is 5.56 Å². The summed E-state index contributed by atoms with van der Waals surface area (Å²) in [5.74, 6) is -0.636. The maximum absolute atomic E-state index is 13.3. The van der Waals surface area contributed by atoms with Crippen LogP contribution in [-0.4, -0.2) is 40.1 Å². The van der Waals surface area contributed by atoms with Crippen LogP contribution in [0.4, 0.5) is 0 Å². The van der Waals surface area contributed by atoms with Crippen LogP contribution in [-0.2, 0) is 22.0 Å². The third-order valence-corrected chi connectivity index (χ3v) is 7.29. The zero-order valence-electron chi connectivity index (χ0n) is 17.1. The number of nitrogens with one attached hydrogen (secondary N) is 1. The second kappa shape index (κ2) is 7.21. The predicted molar refractivity (Wildman–Crippen MR) is 111 cm³/mol. The Kier molecular flexibility index (Phi) is 4.94. The van der Waals surface area contributed by atoms with Crippen LogP contribution in [0.5, 0.6) is 0 Å². The Bertz CT molecular complexity index is 1310. The maximum Gasteiger partial charge on any atom is 0.417 e. The molecule has 1 N–H and O–H groups in total. The van der Waals surface area contributed by atoms with Gasteiger partial charge in [-0.25, -0.2) is 17.9 Å². The van der Waals surface area contributed by atoms with Gasteiger partial charge in [0.1, 0.15) is 0 Å². The van der Waals surface area contributed by atoms with Crippen LogP contribution in [0, 0.1) is 0 Å². The predicted octanol–water partition coefficient (Wildman–Crippen LogP) is 1.83. The largest absolute Gasteiger partial charge is 0.417 e. The van der Waals surface area contributed by atoms with Gasteiger partial charge in [-0.15, -0.1) is 0 Å². The minimum absolute atomic E-state index is 0.0494. The number of hydrogen-bond donors (Lipinski definition) is 1. The van der Waals surface area contributed by atoms with Gasteiger partial charge in [-0.3, -0.25) is 9.78 Å². The molecule has 1 saturated heterocycles. The number of benzene rings is 1. The van der Waals surface area contributed by atoms with Crippen molar-refractivity contribution < 1.29 is 12.8 Å². The number of aromatic nitrogens is 3. The summed E-state index contributed by atoms with van der Waals surface area (Å²) in [6.45, 7) is 6.56. The topological polar surface area (TPSA) is 118 Å². The smallest absolute Gasteiger partial charge is 0.408 e. The number of oxazole rings is 1. The Hall–Kier alpha value is -2.72. The molecule has 160 valence electrons. The Balaban J connectivity index is 1.66. The first kappa shape index (κ1) is 20.5. The van der Waals surface area contributed by atoms with Crippen molar-refractivity contribution in [2.75, 3.05) is 6.54 Å². The van der Waals surface area contributed by atoms with Crippen molar-refractivity contribution in [2.24, 2.45) is 0 Å². The molecule has 1 aromatic carbocycles. The van der Waals surface area contributed by atoms with Gasteiger partial charge in [0.2, 0.25) is 10.0 Å². The van der Waals surface area contributed by atoms with E-state index in [1.165, 1.54) is 33.3 Å². The highest BCUT2D eigenvalue weighted by Gasteiger charge is 2.36. The molecule has 0 bridgehead atoms. The van der Waals surface area contributed by atoms with E-state index in [9.17, 15) is 18.0 Å². The van der Waals surface area contributed by atoms with Gasteiger partial charge in [-0.1, -0.05) is 20.8 Å². The van der Waals surface area contributed by atoms with Gasteiger partial charge < -0.3 is 4.42 Å². The highest BCUT2D eigenvalue weighted by molar-refractivity contribution is 7.89. The number of hydrogen-bond acceptors (Lipinski definition) is 6. The van der Waals surface area contributed by atoms with Crippen LogP contribution in [0.1, 0.15) is 39.3 Å². The van der Waals surface area contributed by atoms with Crippen molar-refractivity contribution in [3.63, 3.8) is 0 Å². The first-order chi connectivity index (χ1) is 14.1. The fraction of sp³-hybridized carbons (Fsp3) is 0.450. The molecule has 1 aliphatic rings. The Morgan fingerprint density at radius 1 is 1.20 bits per heavy atom. The lowest BCUT2D eigenvalue weighted by atomic mass is 9.92. The number of nitrogens with zero attached hydrogens (tertiary/aromatic N) is 3. The highest BCUT2D eigenvalue weighted by atomic mass is 32.2. The van der Waals surface area contributed by atoms with Gasteiger partial charge in [0.15, 0.2) is 5.58 Å². The molecular weight excluding hydrogens is 408 g/mol. The normalized spacial score (nSPS) is 18.3. The molecule has 2 aromatic heterocycles. The molecule has 1 atom stereocenters. The first-order valence-electron chi connectivity index (χ1n) is 9.79.